The summed E-state index contributed by atoms with van der Waals surface area (Å²) in [6.45, 7) is 1.37. The molecule has 1 aliphatic heterocycles. The van der Waals surface area contributed by atoms with E-state index >= 15 is 0 Å². The van der Waals surface area contributed by atoms with Crippen molar-refractivity contribution in [1.29, 1.82) is 0 Å². The van der Waals surface area contributed by atoms with E-state index in [1.807, 2.05) is 12.1 Å². The molecule has 2 aliphatic rings. The van der Waals surface area contributed by atoms with Gasteiger partial charge in [0.1, 0.15) is 0 Å². The summed E-state index contributed by atoms with van der Waals surface area (Å²) in [7, 11) is 0. The Morgan fingerprint density at radius 2 is 1.74 bits per heavy atom. The molecule has 1 saturated carbocycles. The maximum atomic E-state index is 12.8. The van der Waals surface area contributed by atoms with Crippen LogP contribution in [0.1, 0.15) is 53.6 Å². The first-order valence-corrected chi connectivity index (χ1v) is 12.1. The van der Waals surface area contributed by atoms with Gasteiger partial charge >= 0.3 is 6.18 Å². The van der Waals surface area contributed by atoms with Crippen LogP contribution in [0.25, 0.3) is 0 Å². The monoisotopic (exact) mass is 508 g/mol. The zero-order chi connectivity index (χ0) is 25.2. The van der Waals surface area contributed by atoms with Crippen LogP contribution < -0.4 is 5.32 Å². The predicted molar refractivity (Wildman–Crippen MR) is 126 cm³/mol. The second kappa shape index (κ2) is 10.3. The Balaban J connectivity index is 1.18. The molecule has 9 heteroatoms. The fourth-order valence-corrected chi connectivity index (χ4v) is 5.17. The van der Waals surface area contributed by atoms with Gasteiger partial charge in [0.15, 0.2) is 5.78 Å². The first-order valence-electron chi connectivity index (χ1n) is 11.7. The van der Waals surface area contributed by atoms with Crippen molar-refractivity contribution in [2.24, 2.45) is 5.92 Å². The molecule has 0 aromatic heterocycles. The summed E-state index contributed by atoms with van der Waals surface area (Å²) in [6.07, 6.45) is -1.14. The van der Waals surface area contributed by atoms with Crippen LogP contribution >= 0.6 is 11.6 Å². The van der Waals surface area contributed by atoms with Crippen molar-refractivity contribution < 1.29 is 27.9 Å². The van der Waals surface area contributed by atoms with E-state index in [4.69, 9.17) is 11.6 Å². The molecule has 1 saturated heterocycles. The van der Waals surface area contributed by atoms with Crippen LogP contribution in [-0.2, 0) is 16.6 Å². The van der Waals surface area contributed by atoms with Gasteiger partial charge in [-0.1, -0.05) is 29.8 Å². The molecule has 35 heavy (non-hydrogen) atoms. The van der Waals surface area contributed by atoms with Crippen LogP contribution in [0.4, 0.5) is 13.2 Å². The van der Waals surface area contributed by atoms with Crippen molar-refractivity contribution >= 4 is 23.3 Å². The highest BCUT2D eigenvalue weighted by atomic mass is 35.5. The molecule has 1 amide bonds. The molecule has 2 aromatic carbocycles. The van der Waals surface area contributed by atoms with Crippen LogP contribution in [0.2, 0.25) is 5.02 Å². The Morgan fingerprint density at radius 1 is 1.09 bits per heavy atom. The SMILES string of the molecule is O=C(CNC(=O)c1cccc(C(F)(F)F)c1)CC1CN(C2CCC(O)(c3ccc(Cl)cc3)CC2)C1. The van der Waals surface area contributed by atoms with E-state index < -0.39 is 23.2 Å². The normalized spacial score (nSPS) is 23.5. The van der Waals surface area contributed by atoms with Crippen molar-refractivity contribution in [2.45, 2.75) is 49.9 Å². The molecule has 0 spiro atoms. The maximum absolute atomic E-state index is 12.8. The number of hydrogen-bond acceptors (Lipinski definition) is 4. The largest absolute Gasteiger partial charge is 0.416 e. The fraction of sp³-hybridized carbons (Fsp3) is 0.462. The van der Waals surface area contributed by atoms with E-state index in [2.05, 4.69) is 10.2 Å². The molecule has 188 valence electrons. The summed E-state index contributed by atoms with van der Waals surface area (Å²) in [5, 5.41) is 14.1. The van der Waals surface area contributed by atoms with Crippen LogP contribution in [0.15, 0.2) is 48.5 Å². The lowest BCUT2D eigenvalue weighted by atomic mass is 9.76. The molecule has 2 N–H and O–H groups in total. The van der Waals surface area contributed by atoms with Crippen molar-refractivity contribution in [1.82, 2.24) is 10.2 Å². The number of carbonyl (C=O) groups is 2. The van der Waals surface area contributed by atoms with E-state index in [9.17, 15) is 27.9 Å². The zero-order valence-electron chi connectivity index (χ0n) is 19.2. The molecule has 4 rings (SSSR count). The number of ketones is 1. The minimum absolute atomic E-state index is 0.127. The van der Waals surface area contributed by atoms with Gasteiger partial charge in [-0.25, -0.2) is 0 Å². The summed E-state index contributed by atoms with van der Waals surface area (Å²) in [5.41, 5.74) is -0.975. The first kappa shape index (κ1) is 25.7. The Morgan fingerprint density at radius 3 is 2.37 bits per heavy atom. The van der Waals surface area contributed by atoms with Crippen molar-refractivity contribution in [3.63, 3.8) is 0 Å². The van der Waals surface area contributed by atoms with Crippen molar-refractivity contribution in [3.05, 3.63) is 70.2 Å². The van der Waals surface area contributed by atoms with Gasteiger partial charge in [0.05, 0.1) is 17.7 Å². The Kier molecular flexibility index (Phi) is 7.54. The Hall–Kier alpha value is -2.42. The van der Waals surface area contributed by atoms with Gasteiger partial charge in [-0.2, -0.15) is 13.2 Å². The molecule has 0 atom stereocenters. The molecular formula is C26H28ClF3N2O3. The second-order valence-corrected chi connectivity index (χ2v) is 10.0. The van der Waals surface area contributed by atoms with E-state index in [1.165, 1.54) is 12.1 Å². The summed E-state index contributed by atoms with van der Waals surface area (Å²) < 4.78 is 38.5. The molecule has 0 radical (unpaired) electrons. The molecular weight excluding hydrogens is 481 g/mol. The number of nitrogens with one attached hydrogen (secondary N) is 1. The van der Waals surface area contributed by atoms with Gasteiger partial charge in [0, 0.05) is 36.1 Å². The topological polar surface area (TPSA) is 69.6 Å². The highest BCUT2D eigenvalue weighted by Crippen LogP contribution is 2.40. The number of Topliss-reactive ketones (excluding diaryl/α,β-unsaturated/α-hetero) is 1. The lowest BCUT2D eigenvalue weighted by Gasteiger charge is -2.48. The number of benzene rings is 2. The molecule has 1 heterocycles. The van der Waals surface area contributed by atoms with Crippen molar-refractivity contribution in [2.75, 3.05) is 19.6 Å². The molecule has 0 unspecified atom stereocenters. The van der Waals surface area contributed by atoms with Gasteiger partial charge in [-0.3, -0.25) is 14.5 Å². The number of hydrogen-bond donors (Lipinski definition) is 2. The van der Waals surface area contributed by atoms with E-state index in [-0.39, 0.29) is 23.8 Å². The maximum Gasteiger partial charge on any atom is 0.416 e. The first-order chi connectivity index (χ1) is 16.5. The number of aliphatic hydroxyl groups is 1. The summed E-state index contributed by atoms with van der Waals surface area (Å²) in [6, 6.07) is 11.8. The quantitative estimate of drug-likeness (QED) is 0.563. The van der Waals surface area contributed by atoms with Crippen molar-refractivity contribution in [3.8, 4) is 0 Å². The third-order valence-corrected chi connectivity index (χ3v) is 7.33. The highest BCUT2D eigenvalue weighted by molar-refractivity contribution is 6.30. The lowest BCUT2D eigenvalue weighted by Crippen LogP contribution is -2.54. The Labute approximate surface area is 207 Å². The highest BCUT2D eigenvalue weighted by Gasteiger charge is 2.40. The molecule has 5 nitrogen and oxygen atoms in total. The second-order valence-electron chi connectivity index (χ2n) is 9.59. The molecule has 2 aromatic rings. The van der Waals surface area contributed by atoms with Gasteiger partial charge in [0.2, 0.25) is 0 Å². The van der Waals surface area contributed by atoms with E-state index in [0.29, 0.717) is 30.3 Å². The molecule has 1 aliphatic carbocycles. The third-order valence-electron chi connectivity index (χ3n) is 7.08. The van der Waals surface area contributed by atoms with Gasteiger partial charge in [-0.05, 0) is 67.5 Å². The number of carbonyl (C=O) groups excluding carboxylic acids is 2. The lowest BCUT2D eigenvalue weighted by molar-refractivity contribution is -0.137. The van der Waals surface area contributed by atoms with E-state index in [1.54, 1.807) is 12.1 Å². The summed E-state index contributed by atoms with van der Waals surface area (Å²) >= 11 is 5.95. The Bertz CT molecular complexity index is 1060. The van der Waals surface area contributed by atoms with Crippen LogP contribution in [0.3, 0.4) is 0 Å². The summed E-state index contributed by atoms with van der Waals surface area (Å²) in [5.74, 6) is -0.643. The number of rotatable bonds is 7. The van der Waals surface area contributed by atoms with Crippen LogP contribution in [0.5, 0.6) is 0 Å². The standard InChI is InChI=1S/C26H28ClF3N2O3/c27-21-6-4-19(5-7-21)25(35)10-8-22(9-11-25)32-15-17(16-32)12-23(33)14-31-24(34)18-2-1-3-20(13-18)26(28,29)30/h1-7,13,17,22,35H,8-12,14-16H2,(H,31,34). The van der Waals surface area contributed by atoms with Gasteiger partial charge < -0.3 is 10.4 Å². The number of amides is 1. The number of nitrogens with zero attached hydrogens (tertiary/aromatic N) is 1. The predicted octanol–water partition coefficient (Wildman–Crippen LogP) is 4.81. The van der Waals surface area contributed by atoms with Crippen LogP contribution in [0, 0.1) is 5.92 Å². The fourth-order valence-electron chi connectivity index (χ4n) is 5.04. The molecule has 2 fully saturated rings. The van der Waals surface area contributed by atoms with E-state index in [0.717, 1.165) is 43.6 Å². The van der Waals surface area contributed by atoms with Gasteiger partial charge in [0.25, 0.3) is 5.91 Å². The van der Waals surface area contributed by atoms with Gasteiger partial charge in [-0.15, -0.1) is 0 Å². The third kappa shape index (κ3) is 6.23. The smallest absolute Gasteiger partial charge is 0.385 e. The number of halogens is 4. The minimum Gasteiger partial charge on any atom is -0.385 e. The number of likely N-dealkylation sites (tertiary alicyclic amines) is 1. The van der Waals surface area contributed by atoms with Crippen LogP contribution in [-0.4, -0.2) is 47.4 Å². The average Bonchev–Trinajstić information content (AvgIpc) is 2.80. The number of alkyl halides is 3. The average molecular weight is 509 g/mol. The molecule has 0 bridgehead atoms. The zero-order valence-corrected chi connectivity index (χ0v) is 19.9. The summed E-state index contributed by atoms with van der Waals surface area (Å²) in [4.78, 5) is 26.8. The minimum atomic E-state index is -4.53.